The van der Waals surface area contributed by atoms with E-state index in [1.165, 1.54) is 11.4 Å². The monoisotopic (exact) mass is 405 g/mol. The summed E-state index contributed by atoms with van der Waals surface area (Å²) >= 11 is 0. The maximum absolute atomic E-state index is 11.9. The van der Waals surface area contributed by atoms with Crippen LogP contribution in [0.15, 0.2) is 54.6 Å². The van der Waals surface area contributed by atoms with Gasteiger partial charge in [-0.2, -0.15) is 0 Å². The Kier molecular flexibility index (Phi) is 7.69. The SMILES string of the molecule is CN(CCCNC(=O)COc1ccc(N(C)S(C)(=O)=O)cc1)c1ccccc1. The first-order valence-corrected chi connectivity index (χ1v) is 10.8. The molecule has 7 nitrogen and oxygen atoms in total. The molecule has 0 saturated carbocycles. The molecule has 0 atom stereocenters. The van der Waals surface area contributed by atoms with E-state index in [0.717, 1.165) is 24.9 Å². The lowest BCUT2D eigenvalue weighted by Crippen LogP contribution is -2.31. The predicted octanol–water partition coefficient (Wildman–Crippen LogP) is 2.10. The van der Waals surface area contributed by atoms with Gasteiger partial charge in [-0.25, -0.2) is 8.42 Å². The number of para-hydroxylation sites is 1. The fraction of sp³-hybridized carbons (Fsp3) is 0.350. The Bertz CT molecular complexity index is 855. The van der Waals surface area contributed by atoms with Gasteiger partial charge < -0.3 is 15.0 Å². The smallest absolute Gasteiger partial charge is 0.257 e. The molecule has 0 bridgehead atoms. The van der Waals surface area contributed by atoms with Crippen LogP contribution in [-0.4, -0.2) is 54.4 Å². The van der Waals surface area contributed by atoms with Crippen molar-refractivity contribution in [1.82, 2.24) is 5.32 Å². The fourth-order valence-electron chi connectivity index (χ4n) is 2.50. The third kappa shape index (κ3) is 6.77. The van der Waals surface area contributed by atoms with E-state index in [9.17, 15) is 13.2 Å². The van der Waals surface area contributed by atoms with Gasteiger partial charge in [-0.3, -0.25) is 9.10 Å². The Hall–Kier alpha value is -2.74. The predicted molar refractivity (Wildman–Crippen MR) is 113 cm³/mol. The minimum Gasteiger partial charge on any atom is -0.484 e. The molecule has 1 N–H and O–H groups in total. The summed E-state index contributed by atoms with van der Waals surface area (Å²) < 4.78 is 29.7. The third-order valence-electron chi connectivity index (χ3n) is 4.26. The van der Waals surface area contributed by atoms with Crippen LogP contribution in [0.2, 0.25) is 0 Å². The Morgan fingerprint density at radius 1 is 1.00 bits per heavy atom. The number of sulfonamides is 1. The Morgan fingerprint density at radius 3 is 2.25 bits per heavy atom. The van der Waals surface area contributed by atoms with Crippen molar-refractivity contribution in [1.29, 1.82) is 0 Å². The molecule has 0 radical (unpaired) electrons. The zero-order valence-electron chi connectivity index (χ0n) is 16.5. The summed E-state index contributed by atoms with van der Waals surface area (Å²) in [6, 6.07) is 16.6. The van der Waals surface area contributed by atoms with E-state index in [-0.39, 0.29) is 12.5 Å². The van der Waals surface area contributed by atoms with Gasteiger partial charge in [0, 0.05) is 32.9 Å². The fourth-order valence-corrected chi connectivity index (χ4v) is 3.00. The molecule has 0 aliphatic heterocycles. The summed E-state index contributed by atoms with van der Waals surface area (Å²) in [4.78, 5) is 14.0. The van der Waals surface area contributed by atoms with Gasteiger partial charge in [-0.15, -0.1) is 0 Å². The van der Waals surface area contributed by atoms with Crippen LogP contribution in [0, 0.1) is 0 Å². The quantitative estimate of drug-likeness (QED) is 0.613. The van der Waals surface area contributed by atoms with Crippen molar-refractivity contribution >= 4 is 27.3 Å². The third-order valence-corrected chi connectivity index (χ3v) is 5.46. The molecule has 0 unspecified atom stereocenters. The van der Waals surface area contributed by atoms with Gasteiger partial charge in [-0.1, -0.05) is 18.2 Å². The van der Waals surface area contributed by atoms with E-state index < -0.39 is 10.0 Å². The second-order valence-electron chi connectivity index (χ2n) is 6.47. The van der Waals surface area contributed by atoms with Crippen molar-refractivity contribution in [3.05, 3.63) is 54.6 Å². The van der Waals surface area contributed by atoms with Crippen molar-refractivity contribution in [2.45, 2.75) is 6.42 Å². The maximum Gasteiger partial charge on any atom is 0.257 e. The molecule has 0 fully saturated rings. The number of nitrogens with zero attached hydrogens (tertiary/aromatic N) is 2. The van der Waals surface area contributed by atoms with Gasteiger partial charge in [0.25, 0.3) is 5.91 Å². The van der Waals surface area contributed by atoms with Crippen LogP contribution >= 0.6 is 0 Å². The minimum absolute atomic E-state index is 0.0875. The number of rotatable bonds is 10. The van der Waals surface area contributed by atoms with Gasteiger partial charge in [-0.05, 0) is 42.8 Å². The number of carbonyl (C=O) groups excluding carboxylic acids is 1. The molecule has 152 valence electrons. The maximum atomic E-state index is 11.9. The van der Waals surface area contributed by atoms with E-state index >= 15 is 0 Å². The number of anilines is 2. The molecule has 2 aromatic carbocycles. The van der Waals surface area contributed by atoms with Crippen LogP contribution in [0.5, 0.6) is 5.75 Å². The normalized spacial score (nSPS) is 11.0. The number of carbonyl (C=O) groups is 1. The molecule has 2 rings (SSSR count). The van der Waals surface area contributed by atoms with Gasteiger partial charge in [0.2, 0.25) is 10.0 Å². The minimum atomic E-state index is -3.31. The van der Waals surface area contributed by atoms with Crippen LogP contribution in [0.25, 0.3) is 0 Å². The molecule has 0 saturated heterocycles. The van der Waals surface area contributed by atoms with Crippen molar-refractivity contribution in [3.63, 3.8) is 0 Å². The second-order valence-corrected chi connectivity index (χ2v) is 8.49. The molecule has 2 aromatic rings. The van der Waals surface area contributed by atoms with Crippen LogP contribution in [0.3, 0.4) is 0 Å². The summed E-state index contributed by atoms with van der Waals surface area (Å²) in [5, 5.41) is 2.83. The van der Waals surface area contributed by atoms with Crippen LogP contribution in [0.4, 0.5) is 11.4 Å². The number of amides is 1. The van der Waals surface area contributed by atoms with Gasteiger partial charge in [0.1, 0.15) is 5.75 Å². The van der Waals surface area contributed by atoms with E-state index in [1.807, 2.05) is 37.4 Å². The first kappa shape index (κ1) is 21.6. The summed E-state index contributed by atoms with van der Waals surface area (Å²) in [5.74, 6) is 0.310. The first-order chi connectivity index (χ1) is 13.3. The van der Waals surface area contributed by atoms with E-state index in [0.29, 0.717) is 18.0 Å². The molecular formula is C20H27N3O4S. The average Bonchev–Trinajstić information content (AvgIpc) is 2.69. The van der Waals surface area contributed by atoms with E-state index in [4.69, 9.17) is 4.74 Å². The number of hydrogen-bond donors (Lipinski definition) is 1. The summed E-state index contributed by atoms with van der Waals surface area (Å²) in [6.45, 7) is 1.31. The van der Waals surface area contributed by atoms with Gasteiger partial charge in [0.15, 0.2) is 6.61 Å². The Balaban J connectivity index is 1.68. The number of ether oxygens (including phenoxy) is 1. The lowest BCUT2D eigenvalue weighted by atomic mass is 10.3. The number of hydrogen-bond acceptors (Lipinski definition) is 5. The van der Waals surface area contributed by atoms with Gasteiger partial charge in [0.05, 0.1) is 11.9 Å². The first-order valence-electron chi connectivity index (χ1n) is 8.97. The highest BCUT2D eigenvalue weighted by Gasteiger charge is 2.11. The molecule has 0 spiro atoms. The molecule has 0 aliphatic carbocycles. The van der Waals surface area contributed by atoms with Crippen molar-refractivity contribution in [3.8, 4) is 5.75 Å². The summed E-state index contributed by atoms with van der Waals surface area (Å²) in [5.41, 5.74) is 1.67. The summed E-state index contributed by atoms with van der Waals surface area (Å²) in [6.07, 6.45) is 1.96. The Morgan fingerprint density at radius 2 is 1.64 bits per heavy atom. The van der Waals surface area contributed by atoms with E-state index in [1.54, 1.807) is 24.3 Å². The van der Waals surface area contributed by atoms with Crippen LogP contribution < -0.4 is 19.3 Å². The van der Waals surface area contributed by atoms with Crippen LogP contribution in [0.1, 0.15) is 6.42 Å². The molecule has 0 aromatic heterocycles. The lowest BCUT2D eigenvalue weighted by Gasteiger charge is -2.19. The Labute approximate surface area is 167 Å². The number of benzene rings is 2. The number of nitrogens with one attached hydrogen (secondary N) is 1. The van der Waals surface area contributed by atoms with Crippen LogP contribution in [-0.2, 0) is 14.8 Å². The second kappa shape index (κ2) is 9.98. The van der Waals surface area contributed by atoms with Crippen molar-refractivity contribution in [2.24, 2.45) is 0 Å². The highest BCUT2D eigenvalue weighted by atomic mass is 32.2. The molecular weight excluding hydrogens is 378 g/mol. The van der Waals surface area contributed by atoms with Gasteiger partial charge >= 0.3 is 0 Å². The molecule has 1 amide bonds. The zero-order valence-corrected chi connectivity index (χ0v) is 17.3. The average molecular weight is 406 g/mol. The molecule has 0 aliphatic rings. The highest BCUT2D eigenvalue weighted by molar-refractivity contribution is 7.92. The topological polar surface area (TPSA) is 79.0 Å². The standard InChI is InChI=1S/C20H27N3O4S/c1-22(17-8-5-4-6-9-17)15-7-14-21-20(24)16-27-19-12-10-18(11-13-19)23(2)28(3,25)26/h4-6,8-13H,7,14-16H2,1-3H3,(H,21,24). The van der Waals surface area contributed by atoms with Crippen molar-refractivity contribution < 1.29 is 17.9 Å². The largest absolute Gasteiger partial charge is 0.484 e. The van der Waals surface area contributed by atoms with E-state index in [2.05, 4.69) is 10.2 Å². The molecule has 0 heterocycles. The molecule has 8 heteroatoms. The molecule has 28 heavy (non-hydrogen) atoms. The zero-order chi connectivity index (χ0) is 20.6. The lowest BCUT2D eigenvalue weighted by molar-refractivity contribution is -0.123. The van der Waals surface area contributed by atoms with Crippen molar-refractivity contribution in [2.75, 3.05) is 49.3 Å². The summed E-state index contributed by atoms with van der Waals surface area (Å²) in [7, 11) is 0.193. The highest BCUT2D eigenvalue weighted by Crippen LogP contribution is 2.20.